The molecule has 0 aliphatic carbocycles. The van der Waals surface area contributed by atoms with Crippen LogP contribution in [0, 0.1) is 17.6 Å². The van der Waals surface area contributed by atoms with Crippen LogP contribution >= 0.6 is 27.7 Å². The predicted octanol–water partition coefficient (Wildman–Crippen LogP) is 3.18. The molecular formula is C11H12BrF2NS. The Morgan fingerprint density at radius 1 is 1.38 bits per heavy atom. The molecule has 0 unspecified atom stereocenters. The van der Waals surface area contributed by atoms with Crippen molar-refractivity contribution in [3.63, 3.8) is 0 Å². The zero-order valence-electron chi connectivity index (χ0n) is 8.60. The van der Waals surface area contributed by atoms with E-state index in [0.29, 0.717) is 16.1 Å². The lowest BCUT2D eigenvalue weighted by Crippen LogP contribution is -2.43. The molecule has 0 atom stereocenters. The van der Waals surface area contributed by atoms with E-state index in [9.17, 15) is 8.78 Å². The predicted molar refractivity (Wildman–Crippen MR) is 66.6 cm³/mol. The Balaban J connectivity index is 1.94. The molecule has 88 valence electrons. The van der Waals surface area contributed by atoms with Crippen molar-refractivity contribution in [2.24, 2.45) is 5.92 Å². The Morgan fingerprint density at radius 2 is 2.12 bits per heavy atom. The lowest BCUT2D eigenvalue weighted by atomic mass is 10.1. The second-order valence-corrected chi connectivity index (χ2v) is 5.75. The minimum Gasteiger partial charge on any atom is -0.316 e. The van der Waals surface area contributed by atoms with Gasteiger partial charge in [0.1, 0.15) is 11.6 Å². The van der Waals surface area contributed by atoms with Gasteiger partial charge in [0, 0.05) is 11.3 Å². The van der Waals surface area contributed by atoms with E-state index < -0.39 is 11.6 Å². The van der Waals surface area contributed by atoms with Gasteiger partial charge in [0.2, 0.25) is 0 Å². The number of benzene rings is 1. The fraction of sp³-hybridized carbons (Fsp3) is 0.455. The second kappa shape index (κ2) is 5.47. The molecule has 1 N–H and O–H groups in total. The first-order valence-electron chi connectivity index (χ1n) is 5.09. The van der Waals surface area contributed by atoms with Gasteiger partial charge in [-0.3, -0.25) is 0 Å². The van der Waals surface area contributed by atoms with Gasteiger partial charge in [-0.25, -0.2) is 8.78 Å². The highest BCUT2D eigenvalue weighted by Crippen LogP contribution is 2.26. The largest absolute Gasteiger partial charge is 0.316 e. The zero-order chi connectivity index (χ0) is 11.5. The van der Waals surface area contributed by atoms with E-state index in [-0.39, 0.29) is 5.56 Å². The summed E-state index contributed by atoms with van der Waals surface area (Å²) in [5.74, 6) is 1.08. The maximum Gasteiger partial charge on any atom is 0.144 e. The Morgan fingerprint density at radius 3 is 2.75 bits per heavy atom. The molecule has 0 radical (unpaired) electrons. The van der Waals surface area contributed by atoms with Crippen LogP contribution in [0.25, 0.3) is 0 Å². The van der Waals surface area contributed by atoms with Gasteiger partial charge in [-0.05, 0) is 52.8 Å². The van der Waals surface area contributed by atoms with Gasteiger partial charge >= 0.3 is 0 Å². The molecule has 1 nitrogen and oxygen atoms in total. The van der Waals surface area contributed by atoms with E-state index >= 15 is 0 Å². The highest BCUT2D eigenvalue weighted by atomic mass is 79.9. The Bertz CT molecular complexity index is 382. The second-order valence-electron chi connectivity index (χ2n) is 3.86. The standard InChI is InChI=1S/C11H12BrF2NS/c12-9-1-2-10(13)8(11(9)14)6-16-5-7-3-15-4-7/h1-2,7,15H,3-6H2. The third kappa shape index (κ3) is 2.76. The number of nitrogens with one attached hydrogen (secondary N) is 1. The molecule has 1 saturated heterocycles. The van der Waals surface area contributed by atoms with E-state index in [1.54, 1.807) is 11.8 Å². The lowest BCUT2D eigenvalue weighted by Gasteiger charge is -2.26. The van der Waals surface area contributed by atoms with Crippen molar-refractivity contribution < 1.29 is 8.78 Å². The van der Waals surface area contributed by atoms with Crippen molar-refractivity contribution in [2.45, 2.75) is 5.75 Å². The molecule has 1 aliphatic heterocycles. The van der Waals surface area contributed by atoms with Gasteiger partial charge in [0.15, 0.2) is 0 Å². The number of thioether (sulfide) groups is 1. The first kappa shape index (κ1) is 12.3. The summed E-state index contributed by atoms with van der Waals surface area (Å²) in [5, 5.41) is 3.17. The molecule has 5 heteroatoms. The first-order valence-corrected chi connectivity index (χ1v) is 7.04. The van der Waals surface area contributed by atoms with E-state index in [4.69, 9.17) is 0 Å². The maximum atomic E-state index is 13.6. The van der Waals surface area contributed by atoms with Gasteiger partial charge in [-0.2, -0.15) is 11.8 Å². The van der Waals surface area contributed by atoms with E-state index in [1.807, 2.05) is 0 Å². The summed E-state index contributed by atoms with van der Waals surface area (Å²) in [6, 6.07) is 2.70. The van der Waals surface area contributed by atoms with Gasteiger partial charge in [-0.1, -0.05) is 0 Å². The van der Waals surface area contributed by atoms with Crippen molar-refractivity contribution in [3.8, 4) is 0 Å². The summed E-state index contributed by atoms with van der Waals surface area (Å²) in [6.45, 7) is 2.05. The minimum absolute atomic E-state index is 0.173. The Hall–Kier alpha value is -0.130. The lowest BCUT2D eigenvalue weighted by molar-refractivity contribution is 0.385. The highest BCUT2D eigenvalue weighted by molar-refractivity contribution is 9.10. The molecule has 1 aromatic rings. The molecule has 1 aliphatic rings. The van der Waals surface area contributed by atoms with Gasteiger partial charge < -0.3 is 5.32 Å². The molecule has 0 amide bonds. The molecule has 1 aromatic carbocycles. The zero-order valence-corrected chi connectivity index (χ0v) is 11.0. The van der Waals surface area contributed by atoms with E-state index in [2.05, 4.69) is 21.2 Å². The molecule has 16 heavy (non-hydrogen) atoms. The smallest absolute Gasteiger partial charge is 0.144 e. The van der Waals surface area contributed by atoms with Crippen molar-refractivity contribution in [3.05, 3.63) is 33.8 Å². The summed E-state index contributed by atoms with van der Waals surface area (Å²) in [6.07, 6.45) is 0. The van der Waals surface area contributed by atoms with Crippen LogP contribution in [0.2, 0.25) is 0 Å². The van der Waals surface area contributed by atoms with Crippen LogP contribution in [0.5, 0.6) is 0 Å². The fourth-order valence-corrected chi connectivity index (χ4v) is 3.02. The van der Waals surface area contributed by atoms with Gasteiger partial charge in [-0.15, -0.1) is 0 Å². The number of rotatable bonds is 4. The van der Waals surface area contributed by atoms with Crippen LogP contribution in [-0.2, 0) is 5.75 Å². The molecule has 1 heterocycles. The normalized spacial score (nSPS) is 16.2. The molecule has 0 saturated carbocycles. The number of hydrogen-bond donors (Lipinski definition) is 1. The fourth-order valence-electron chi connectivity index (χ4n) is 1.50. The third-order valence-corrected chi connectivity index (χ3v) is 4.42. The van der Waals surface area contributed by atoms with Gasteiger partial charge in [0.25, 0.3) is 0 Å². The summed E-state index contributed by atoms with van der Waals surface area (Å²) in [7, 11) is 0. The number of hydrogen-bond acceptors (Lipinski definition) is 2. The molecule has 0 bridgehead atoms. The van der Waals surface area contributed by atoms with Crippen LogP contribution in [0.15, 0.2) is 16.6 Å². The topological polar surface area (TPSA) is 12.0 Å². The average molecular weight is 308 g/mol. The van der Waals surface area contributed by atoms with Crippen LogP contribution in [-0.4, -0.2) is 18.8 Å². The first-order chi connectivity index (χ1) is 7.68. The SMILES string of the molecule is Fc1ccc(Br)c(F)c1CSCC1CNC1. The summed E-state index contributed by atoms with van der Waals surface area (Å²) in [5.41, 5.74) is 0.173. The van der Waals surface area contributed by atoms with Crippen LogP contribution in [0.1, 0.15) is 5.56 Å². The quantitative estimate of drug-likeness (QED) is 0.858. The van der Waals surface area contributed by atoms with Crippen LogP contribution in [0.4, 0.5) is 8.78 Å². The summed E-state index contributed by atoms with van der Waals surface area (Å²) < 4.78 is 27.3. The molecule has 0 aromatic heterocycles. The van der Waals surface area contributed by atoms with Crippen LogP contribution < -0.4 is 5.32 Å². The minimum atomic E-state index is -0.473. The monoisotopic (exact) mass is 307 g/mol. The number of halogens is 3. The molecule has 1 fully saturated rings. The van der Waals surface area contributed by atoms with Gasteiger partial charge in [0.05, 0.1) is 4.47 Å². The highest BCUT2D eigenvalue weighted by Gasteiger charge is 2.17. The van der Waals surface area contributed by atoms with Crippen molar-refractivity contribution >= 4 is 27.7 Å². The molecule has 0 spiro atoms. The Kier molecular flexibility index (Phi) is 4.21. The average Bonchev–Trinajstić information content (AvgIpc) is 2.20. The van der Waals surface area contributed by atoms with E-state index in [0.717, 1.165) is 18.8 Å². The Labute approximate surface area is 106 Å². The molecule has 2 rings (SSSR count). The summed E-state index contributed by atoms with van der Waals surface area (Å²) >= 11 is 4.65. The maximum absolute atomic E-state index is 13.6. The van der Waals surface area contributed by atoms with Crippen molar-refractivity contribution in [2.75, 3.05) is 18.8 Å². The van der Waals surface area contributed by atoms with Crippen LogP contribution in [0.3, 0.4) is 0 Å². The van der Waals surface area contributed by atoms with E-state index in [1.165, 1.54) is 12.1 Å². The summed E-state index contributed by atoms with van der Waals surface area (Å²) in [4.78, 5) is 0. The molecular weight excluding hydrogens is 296 g/mol. The van der Waals surface area contributed by atoms with Crippen molar-refractivity contribution in [1.29, 1.82) is 0 Å². The van der Waals surface area contributed by atoms with Crippen molar-refractivity contribution in [1.82, 2.24) is 5.32 Å². The third-order valence-electron chi connectivity index (χ3n) is 2.60.